The Balaban J connectivity index is 2.07. The predicted molar refractivity (Wildman–Crippen MR) is 160 cm³/mol. The third-order valence-electron chi connectivity index (χ3n) is 6.28. The quantitative estimate of drug-likeness (QED) is 0.189. The van der Waals surface area contributed by atoms with Crippen LogP contribution >= 0.6 is 0 Å². The molecule has 220 valence electrons. The molecule has 8 N–H and O–H groups in total. The van der Waals surface area contributed by atoms with E-state index in [2.05, 4.69) is 16.0 Å². The molecule has 42 heavy (non-hydrogen) atoms. The summed E-state index contributed by atoms with van der Waals surface area (Å²) in [5.74, 6) is -3.81. The molecule has 0 aromatic heterocycles. The average Bonchev–Trinajstić information content (AvgIpc) is 2.91. The van der Waals surface area contributed by atoms with Crippen molar-refractivity contribution in [2.45, 2.75) is 46.2 Å². The molecule has 0 unspecified atom stereocenters. The van der Waals surface area contributed by atoms with E-state index in [0.717, 1.165) is 0 Å². The van der Waals surface area contributed by atoms with E-state index in [4.69, 9.17) is 11.5 Å². The Hall–Kier alpha value is -5.19. The van der Waals surface area contributed by atoms with E-state index in [1.807, 2.05) is 27.7 Å². The van der Waals surface area contributed by atoms with Crippen LogP contribution in [0.2, 0.25) is 0 Å². The van der Waals surface area contributed by atoms with Gasteiger partial charge in [0.05, 0.1) is 5.56 Å². The van der Waals surface area contributed by atoms with Crippen molar-refractivity contribution >= 4 is 41.0 Å². The molecule has 0 bridgehead atoms. The molecule has 3 aromatic rings. The molecule has 3 rings (SSSR count). The SMILES string of the molecule is CC(C)C[C@H](NC(=O)c1ccc(-c2ccc(NC(C)C)cc2C(=O)Nc2cccc(C(N)=O)c2)c(C(=O)O)c1)C(N)=O. The van der Waals surface area contributed by atoms with Crippen LogP contribution < -0.4 is 27.4 Å². The summed E-state index contributed by atoms with van der Waals surface area (Å²) in [7, 11) is 0. The molecule has 0 aliphatic carbocycles. The summed E-state index contributed by atoms with van der Waals surface area (Å²) in [6.07, 6.45) is 0.322. The van der Waals surface area contributed by atoms with Crippen molar-refractivity contribution in [3.8, 4) is 11.1 Å². The van der Waals surface area contributed by atoms with Crippen LogP contribution in [0, 0.1) is 5.92 Å². The smallest absolute Gasteiger partial charge is 0.336 e. The first-order valence-electron chi connectivity index (χ1n) is 13.4. The van der Waals surface area contributed by atoms with E-state index in [1.165, 1.54) is 30.3 Å². The molecule has 0 radical (unpaired) electrons. The number of carboxylic acids is 1. The van der Waals surface area contributed by atoms with Crippen LogP contribution in [-0.2, 0) is 4.79 Å². The summed E-state index contributed by atoms with van der Waals surface area (Å²) in [6.45, 7) is 7.62. The van der Waals surface area contributed by atoms with Gasteiger partial charge >= 0.3 is 5.97 Å². The minimum atomic E-state index is -1.32. The van der Waals surface area contributed by atoms with Crippen LogP contribution in [0.1, 0.15) is 75.5 Å². The molecule has 0 heterocycles. The number of hydrogen-bond acceptors (Lipinski definition) is 6. The summed E-state index contributed by atoms with van der Waals surface area (Å²) in [5, 5.41) is 18.6. The van der Waals surface area contributed by atoms with E-state index in [0.29, 0.717) is 23.4 Å². The van der Waals surface area contributed by atoms with Crippen LogP contribution in [0.15, 0.2) is 60.7 Å². The van der Waals surface area contributed by atoms with Gasteiger partial charge in [0.15, 0.2) is 0 Å². The van der Waals surface area contributed by atoms with Gasteiger partial charge in [-0.25, -0.2) is 4.79 Å². The van der Waals surface area contributed by atoms with Gasteiger partial charge in [0.2, 0.25) is 11.8 Å². The highest BCUT2D eigenvalue weighted by Crippen LogP contribution is 2.31. The maximum atomic E-state index is 13.5. The number of nitrogens with two attached hydrogens (primary N) is 2. The van der Waals surface area contributed by atoms with Crippen molar-refractivity contribution in [3.05, 3.63) is 82.9 Å². The minimum absolute atomic E-state index is 0.0125. The third kappa shape index (κ3) is 7.94. The number of rotatable bonds is 12. The van der Waals surface area contributed by atoms with E-state index in [-0.39, 0.29) is 39.8 Å². The first-order valence-corrected chi connectivity index (χ1v) is 13.4. The average molecular weight is 574 g/mol. The fourth-order valence-electron chi connectivity index (χ4n) is 4.40. The van der Waals surface area contributed by atoms with Crippen LogP contribution in [0.4, 0.5) is 11.4 Å². The summed E-state index contributed by atoms with van der Waals surface area (Å²) in [5.41, 5.74) is 12.4. The molecular formula is C31H35N5O6. The monoisotopic (exact) mass is 573 g/mol. The number of aromatic carboxylic acids is 1. The van der Waals surface area contributed by atoms with Crippen LogP contribution in [0.5, 0.6) is 0 Å². The predicted octanol–water partition coefficient (Wildman–Crippen LogP) is 3.85. The number of benzene rings is 3. The van der Waals surface area contributed by atoms with Crippen LogP contribution in [-0.4, -0.2) is 46.8 Å². The van der Waals surface area contributed by atoms with Gasteiger partial charge in [-0.05, 0) is 79.8 Å². The summed E-state index contributed by atoms with van der Waals surface area (Å²) in [4.78, 5) is 62.3. The molecule has 0 spiro atoms. The number of carbonyl (C=O) groups is 5. The first-order chi connectivity index (χ1) is 19.8. The van der Waals surface area contributed by atoms with E-state index >= 15 is 0 Å². The van der Waals surface area contributed by atoms with Crippen molar-refractivity contribution in [2.24, 2.45) is 17.4 Å². The zero-order valence-corrected chi connectivity index (χ0v) is 23.9. The molecule has 3 aromatic carbocycles. The second kappa shape index (κ2) is 13.4. The molecule has 0 saturated heterocycles. The third-order valence-corrected chi connectivity index (χ3v) is 6.28. The van der Waals surface area contributed by atoms with Crippen molar-refractivity contribution in [2.75, 3.05) is 10.6 Å². The van der Waals surface area contributed by atoms with E-state index < -0.39 is 35.6 Å². The second-order valence-electron chi connectivity index (χ2n) is 10.6. The van der Waals surface area contributed by atoms with E-state index in [1.54, 1.807) is 30.3 Å². The molecule has 1 atom stereocenters. The molecule has 0 saturated carbocycles. The Morgan fingerprint density at radius 1 is 0.762 bits per heavy atom. The lowest BCUT2D eigenvalue weighted by Gasteiger charge is -2.19. The molecule has 11 heteroatoms. The number of carboxylic acid groups (broad SMARTS) is 1. The standard InChI is InChI=1S/C31H35N5O6/c1-16(2)12-26(28(33)38)36-29(39)19-8-10-23(25(14-19)31(41)42)22-11-9-21(34-17(3)4)15-24(22)30(40)35-20-7-5-6-18(13-20)27(32)37/h5-11,13-17,26,34H,12H2,1-4H3,(H2,32,37)(H2,33,38)(H,35,40)(H,36,39)(H,41,42)/t26-/m0/s1. The van der Waals surface area contributed by atoms with Gasteiger partial charge in [-0.2, -0.15) is 0 Å². The van der Waals surface area contributed by atoms with Gasteiger partial charge in [0.1, 0.15) is 6.04 Å². The molecule has 0 aliphatic rings. The lowest BCUT2D eigenvalue weighted by atomic mass is 9.92. The highest BCUT2D eigenvalue weighted by Gasteiger charge is 2.24. The highest BCUT2D eigenvalue weighted by molar-refractivity contribution is 6.12. The largest absolute Gasteiger partial charge is 0.478 e. The summed E-state index contributed by atoms with van der Waals surface area (Å²) in [6, 6.07) is 14.2. The Kier molecular flexibility index (Phi) is 10.0. The molecule has 11 nitrogen and oxygen atoms in total. The van der Waals surface area contributed by atoms with Crippen molar-refractivity contribution in [1.29, 1.82) is 0 Å². The Morgan fingerprint density at radius 3 is 2.02 bits per heavy atom. The molecule has 4 amide bonds. The zero-order chi connectivity index (χ0) is 31.1. The number of anilines is 2. The molecule has 0 aliphatic heterocycles. The fraction of sp³-hybridized carbons (Fsp3) is 0.258. The van der Waals surface area contributed by atoms with Gasteiger partial charge in [-0.1, -0.05) is 32.0 Å². The minimum Gasteiger partial charge on any atom is -0.478 e. The number of hydrogen-bond donors (Lipinski definition) is 6. The Bertz CT molecular complexity index is 1530. The Morgan fingerprint density at radius 2 is 1.43 bits per heavy atom. The van der Waals surface area contributed by atoms with Gasteiger partial charge in [0.25, 0.3) is 11.8 Å². The number of amides is 4. The lowest BCUT2D eigenvalue weighted by Crippen LogP contribution is -2.45. The molecular weight excluding hydrogens is 538 g/mol. The number of primary amides is 2. The second-order valence-corrected chi connectivity index (χ2v) is 10.6. The summed E-state index contributed by atoms with van der Waals surface area (Å²) >= 11 is 0. The summed E-state index contributed by atoms with van der Waals surface area (Å²) < 4.78 is 0. The van der Waals surface area contributed by atoms with Gasteiger partial charge in [-0.3, -0.25) is 19.2 Å². The number of nitrogens with one attached hydrogen (secondary N) is 3. The first kappa shape index (κ1) is 31.3. The normalized spacial score (nSPS) is 11.6. The van der Waals surface area contributed by atoms with Gasteiger partial charge in [-0.15, -0.1) is 0 Å². The van der Waals surface area contributed by atoms with Gasteiger partial charge in [0, 0.05) is 34.1 Å². The molecule has 0 fully saturated rings. The van der Waals surface area contributed by atoms with E-state index in [9.17, 15) is 29.1 Å². The van der Waals surface area contributed by atoms with Crippen LogP contribution in [0.25, 0.3) is 11.1 Å². The fourth-order valence-corrected chi connectivity index (χ4v) is 4.40. The highest BCUT2D eigenvalue weighted by atomic mass is 16.4. The lowest BCUT2D eigenvalue weighted by molar-refractivity contribution is -0.120. The van der Waals surface area contributed by atoms with Crippen molar-refractivity contribution in [3.63, 3.8) is 0 Å². The number of carbonyl (C=O) groups excluding carboxylic acids is 4. The maximum absolute atomic E-state index is 13.5. The van der Waals surface area contributed by atoms with Crippen molar-refractivity contribution in [1.82, 2.24) is 5.32 Å². The Labute approximate surface area is 243 Å². The maximum Gasteiger partial charge on any atom is 0.336 e. The van der Waals surface area contributed by atoms with Gasteiger partial charge < -0.3 is 32.5 Å². The topological polar surface area (TPSA) is 194 Å². The van der Waals surface area contributed by atoms with Crippen molar-refractivity contribution < 1.29 is 29.1 Å². The zero-order valence-electron chi connectivity index (χ0n) is 23.9. The van der Waals surface area contributed by atoms with Crippen LogP contribution in [0.3, 0.4) is 0 Å².